The lowest BCUT2D eigenvalue weighted by Crippen LogP contribution is -2.03. The molecule has 0 saturated heterocycles. The number of hydrogen-bond acceptors (Lipinski definition) is 3. The average Bonchev–Trinajstić information content (AvgIpc) is 2.48. The van der Waals surface area contributed by atoms with Crippen LogP contribution >= 0.6 is 27.3 Å². The SMILES string of the molecule is FC(F)(F)c1nc2cncc(Br)c2s1. The van der Waals surface area contributed by atoms with Gasteiger partial charge in [0.25, 0.3) is 0 Å². The lowest BCUT2D eigenvalue weighted by atomic mass is 10.4. The van der Waals surface area contributed by atoms with Crippen molar-refractivity contribution in [3.8, 4) is 0 Å². The highest BCUT2D eigenvalue weighted by Crippen LogP contribution is 2.37. The van der Waals surface area contributed by atoms with E-state index in [-0.39, 0.29) is 5.52 Å². The fourth-order valence-corrected chi connectivity index (χ4v) is 2.31. The van der Waals surface area contributed by atoms with Gasteiger partial charge in [0.15, 0.2) is 5.01 Å². The zero-order valence-electron chi connectivity index (χ0n) is 6.47. The van der Waals surface area contributed by atoms with Crippen molar-refractivity contribution in [2.45, 2.75) is 6.18 Å². The fourth-order valence-electron chi connectivity index (χ4n) is 0.944. The summed E-state index contributed by atoms with van der Waals surface area (Å²) in [5.74, 6) is 0. The Bertz CT molecular complexity index is 479. The van der Waals surface area contributed by atoms with Crippen LogP contribution in [0.1, 0.15) is 5.01 Å². The van der Waals surface area contributed by atoms with Gasteiger partial charge < -0.3 is 0 Å². The molecular weight excluding hydrogens is 281 g/mol. The Morgan fingerprint density at radius 2 is 2.00 bits per heavy atom. The van der Waals surface area contributed by atoms with E-state index < -0.39 is 11.2 Å². The second kappa shape index (κ2) is 3.16. The number of nitrogens with zero attached hydrogens (tertiary/aromatic N) is 2. The van der Waals surface area contributed by atoms with E-state index in [4.69, 9.17) is 0 Å². The van der Waals surface area contributed by atoms with E-state index >= 15 is 0 Å². The van der Waals surface area contributed by atoms with Gasteiger partial charge in [0.1, 0.15) is 5.52 Å². The molecule has 0 bridgehead atoms. The number of fused-ring (bicyclic) bond motifs is 1. The Morgan fingerprint density at radius 3 is 2.57 bits per heavy atom. The maximum atomic E-state index is 12.3. The summed E-state index contributed by atoms with van der Waals surface area (Å²) in [4.78, 5) is 7.18. The third-order valence-electron chi connectivity index (χ3n) is 1.50. The van der Waals surface area contributed by atoms with Crippen molar-refractivity contribution in [3.63, 3.8) is 0 Å². The number of aromatic nitrogens is 2. The standard InChI is InChI=1S/C7H2BrF3N2S/c8-3-1-12-2-4-5(3)14-6(13-4)7(9,10)11/h1-2H. The first-order valence-electron chi connectivity index (χ1n) is 3.46. The molecule has 0 unspecified atom stereocenters. The molecule has 0 saturated carbocycles. The molecule has 14 heavy (non-hydrogen) atoms. The fraction of sp³-hybridized carbons (Fsp3) is 0.143. The predicted molar refractivity (Wildman–Crippen MR) is 50.1 cm³/mol. The molecule has 74 valence electrons. The van der Waals surface area contributed by atoms with Crippen molar-refractivity contribution >= 4 is 37.5 Å². The highest BCUT2D eigenvalue weighted by Gasteiger charge is 2.35. The molecule has 0 radical (unpaired) electrons. The summed E-state index contributed by atoms with van der Waals surface area (Å²) in [6.45, 7) is 0. The first-order chi connectivity index (χ1) is 6.48. The molecular formula is C7H2BrF3N2S. The molecule has 2 aromatic rings. The Balaban J connectivity index is 2.69. The Morgan fingerprint density at radius 1 is 1.29 bits per heavy atom. The highest BCUT2D eigenvalue weighted by atomic mass is 79.9. The van der Waals surface area contributed by atoms with Crippen molar-refractivity contribution in [3.05, 3.63) is 21.9 Å². The Kier molecular flexibility index (Phi) is 2.23. The largest absolute Gasteiger partial charge is 0.443 e. The summed E-state index contributed by atoms with van der Waals surface area (Å²) in [5, 5.41) is -0.846. The van der Waals surface area contributed by atoms with Crippen LogP contribution in [0, 0.1) is 0 Å². The normalized spacial score (nSPS) is 12.3. The van der Waals surface area contributed by atoms with Crippen LogP contribution in [-0.4, -0.2) is 9.97 Å². The van der Waals surface area contributed by atoms with Gasteiger partial charge in [-0.2, -0.15) is 13.2 Å². The second-order valence-electron chi connectivity index (χ2n) is 2.49. The van der Waals surface area contributed by atoms with E-state index in [9.17, 15) is 13.2 Å². The summed E-state index contributed by atoms with van der Waals surface area (Å²) in [6.07, 6.45) is -1.63. The molecule has 2 heterocycles. The molecule has 0 aliphatic rings. The maximum absolute atomic E-state index is 12.3. The van der Waals surface area contributed by atoms with Crippen LogP contribution in [0.2, 0.25) is 0 Å². The molecule has 0 fully saturated rings. The van der Waals surface area contributed by atoms with Crippen molar-refractivity contribution < 1.29 is 13.2 Å². The highest BCUT2D eigenvalue weighted by molar-refractivity contribution is 9.10. The lowest BCUT2D eigenvalue weighted by molar-refractivity contribution is -0.137. The summed E-state index contributed by atoms with van der Waals surface area (Å²) >= 11 is 3.73. The van der Waals surface area contributed by atoms with Crippen LogP contribution in [0.5, 0.6) is 0 Å². The molecule has 7 heteroatoms. The number of alkyl halides is 3. The van der Waals surface area contributed by atoms with Crippen LogP contribution in [0.25, 0.3) is 10.2 Å². The zero-order chi connectivity index (χ0) is 10.3. The molecule has 0 spiro atoms. The lowest BCUT2D eigenvalue weighted by Gasteiger charge is -1.98. The average molecular weight is 283 g/mol. The van der Waals surface area contributed by atoms with E-state index in [0.29, 0.717) is 20.5 Å². The van der Waals surface area contributed by atoms with Gasteiger partial charge in [-0.25, -0.2) is 4.98 Å². The molecule has 0 N–H and O–H groups in total. The molecule has 2 nitrogen and oxygen atoms in total. The first-order valence-corrected chi connectivity index (χ1v) is 5.06. The second-order valence-corrected chi connectivity index (χ2v) is 4.34. The van der Waals surface area contributed by atoms with E-state index in [1.807, 2.05) is 0 Å². The van der Waals surface area contributed by atoms with Crippen LogP contribution in [0.3, 0.4) is 0 Å². The van der Waals surface area contributed by atoms with Gasteiger partial charge >= 0.3 is 6.18 Å². The van der Waals surface area contributed by atoms with E-state index in [2.05, 4.69) is 25.9 Å². The molecule has 0 aliphatic heterocycles. The quantitative estimate of drug-likeness (QED) is 0.739. The van der Waals surface area contributed by atoms with Crippen LogP contribution in [0.4, 0.5) is 13.2 Å². The third kappa shape index (κ3) is 1.61. The first kappa shape index (κ1) is 9.85. The van der Waals surface area contributed by atoms with Crippen LogP contribution < -0.4 is 0 Å². The Labute approximate surface area is 88.9 Å². The summed E-state index contributed by atoms with van der Waals surface area (Å²) in [6, 6.07) is 0. The maximum Gasteiger partial charge on any atom is 0.443 e. The minimum Gasteiger partial charge on any atom is -0.261 e. The van der Waals surface area contributed by atoms with Crippen LogP contribution in [-0.2, 0) is 6.18 Å². The molecule has 2 aromatic heterocycles. The monoisotopic (exact) mass is 282 g/mol. The van der Waals surface area contributed by atoms with Gasteiger partial charge in [-0.05, 0) is 15.9 Å². The van der Waals surface area contributed by atoms with Crippen molar-refractivity contribution in [2.24, 2.45) is 0 Å². The zero-order valence-corrected chi connectivity index (χ0v) is 8.87. The summed E-state index contributed by atoms with van der Waals surface area (Å²) < 4.78 is 37.8. The van der Waals surface area contributed by atoms with E-state index in [0.717, 1.165) is 0 Å². The van der Waals surface area contributed by atoms with Crippen molar-refractivity contribution in [1.82, 2.24) is 9.97 Å². The van der Waals surface area contributed by atoms with Gasteiger partial charge in [0.05, 0.1) is 15.4 Å². The predicted octanol–water partition coefficient (Wildman–Crippen LogP) is 3.47. The number of thiazole rings is 1. The van der Waals surface area contributed by atoms with E-state index in [1.54, 1.807) is 0 Å². The molecule has 0 atom stereocenters. The smallest absolute Gasteiger partial charge is 0.261 e. The molecule has 0 amide bonds. The van der Waals surface area contributed by atoms with E-state index in [1.165, 1.54) is 12.4 Å². The molecule has 2 rings (SSSR count). The van der Waals surface area contributed by atoms with Crippen molar-refractivity contribution in [2.75, 3.05) is 0 Å². The number of rotatable bonds is 0. The minimum absolute atomic E-state index is 0.261. The topological polar surface area (TPSA) is 25.8 Å². The summed E-state index contributed by atoms with van der Waals surface area (Å²) in [7, 11) is 0. The number of pyridine rings is 1. The summed E-state index contributed by atoms with van der Waals surface area (Å²) in [5.41, 5.74) is 0.261. The molecule has 0 aliphatic carbocycles. The van der Waals surface area contributed by atoms with Gasteiger partial charge in [-0.1, -0.05) is 0 Å². The van der Waals surface area contributed by atoms with Crippen LogP contribution in [0.15, 0.2) is 16.9 Å². The van der Waals surface area contributed by atoms with Gasteiger partial charge in [0, 0.05) is 6.20 Å². The van der Waals surface area contributed by atoms with Gasteiger partial charge in [-0.15, -0.1) is 11.3 Å². The number of hydrogen-bond donors (Lipinski definition) is 0. The van der Waals surface area contributed by atoms with Crippen molar-refractivity contribution in [1.29, 1.82) is 0 Å². The number of halogens is 4. The minimum atomic E-state index is -4.39. The van der Waals surface area contributed by atoms with Gasteiger partial charge in [0.2, 0.25) is 0 Å². The van der Waals surface area contributed by atoms with Gasteiger partial charge in [-0.3, -0.25) is 4.98 Å². The third-order valence-corrected chi connectivity index (χ3v) is 3.51. The molecule has 0 aromatic carbocycles. The Hall–Kier alpha value is -0.690.